The summed E-state index contributed by atoms with van der Waals surface area (Å²) >= 11 is 0. The Bertz CT molecular complexity index is 701. The molecule has 0 spiro atoms. The van der Waals surface area contributed by atoms with Gasteiger partial charge in [0.1, 0.15) is 5.75 Å². The van der Waals surface area contributed by atoms with E-state index in [0.29, 0.717) is 0 Å². The molecular formula is C18H20FNO3. The number of hydrogen-bond donors (Lipinski definition) is 1. The van der Waals surface area contributed by atoms with Crippen LogP contribution in [0.5, 0.6) is 11.5 Å². The highest BCUT2D eigenvalue weighted by Gasteiger charge is 2.10. The Morgan fingerprint density at radius 3 is 2.70 bits per heavy atom. The second-order valence-electron chi connectivity index (χ2n) is 5.10. The summed E-state index contributed by atoms with van der Waals surface area (Å²) in [5.74, 6) is -0.406. The lowest BCUT2D eigenvalue weighted by molar-refractivity contribution is -0.118. The first kappa shape index (κ1) is 16.8. The standard InChI is InChI=1S/C18H20FNO3/c1-4-13-7-5-6-12(2)18(13)20-17(21)11-23-14-8-9-16(22-3)15(19)10-14/h5-10H,4,11H2,1-3H3,(H,20,21). The SMILES string of the molecule is CCc1cccc(C)c1NC(=O)COc1ccc(OC)c(F)c1. The van der Waals surface area contributed by atoms with Gasteiger partial charge in [-0.15, -0.1) is 0 Å². The minimum absolute atomic E-state index is 0.134. The van der Waals surface area contributed by atoms with Crippen LogP contribution in [0.25, 0.3) is 0 Å². The van der Waals surface area contributed by atoms with Gasteiger partial charge >= 0.3 is 0 Å². The second kappa shape index (κ2) is 7.63. The van der Waals surface area contributed by atoms with Crippen LogP contribution in [0, 0.1) is 12.7 Å². The summed E-state index contributed by atoms with van der Waals surface area (Å²) in [6, 6.07) is 10.1. The van der Waals surface area contributed by atoms with Gasteiger partial charge in [-0.3, -0.25) is 4.79 Å². The van der Waals surface area contributed by atoms with Crippen LogP contribution in [0.1, 0.15) is 18.1 Å². The Balaban J connectivity index is 1.99. The van der Waals surface area contributed by atoms with Crippen LogP contribution in [0.4, 0.5) is 10.1 Å². The van der Waals surface area contributed by atoms with Gasteiger partial charge in [-0.25, -0.2) is 4.39 Å². The minimum atomic E-state index is -0.530. The van der Waals surface area contributed by atoms with Gasteiger partial charge < -0.3 is 14.8 Å². The number of halogens is 1. The zero-order chi connectivity index (χ0) is 16.8. The molecule has 0 aliphatic rings. The van der Waals surface area contributed by atoms with E-state index in [0.717, 1.165) is 23.2 Å². The highest BCUT2D eigenvalue weighted by atomic mass is 19.1. The fourth-order valence-electron chi connectivity index (χ4n) is 2.26. The number of anilines is 1. The van der Waals surface area contributed by atoms with Crippen LogP contribution < -0.4 is 14.8 Å². The Hall–Kier alpha value is -2.56. The van der Waals surface area contributed by atoms with E-state index in [-0.39, 0.29) is 24.0 Å². The maximum atomic E-state index is 13.6. The van der Waals surface area contributed by atoms with E-state index in [1.807, 2.05) is 32.0 Å². The van der Waals surface area contributed by atoms with Crippen molar-refractivity contribution in [1.82, 2.24) is 0 Å². The van der Waals surface area contributed by atoms with Crippen molar-refractivity contribution in [2.45, 2.75) is 20.3 Å². The van der Waals surface area contributed by atoms with Crippen LogP contribution >= 0.6 is 0 Å². The van der Waals surface area contributed by atoms with Gasteiger partial charge in [0.25, 0.3) is 5.91 Å². The van der Waals surface area contributed by atoms with Gasteiger partial charge in [-0.2, -0.15) is 0 Å². The topological polar surface area (TPSA) is 47.6 Å². The summed E-state index contributed by atoms with van der Waals surface area (Å²) in [6.07, 6.45) is 0.821. The fourth-order valence-corrected chi connectivity index (χ4v) is 2.26. The quantitative estimate of drug-likeness (QED) is 0.883. The number of hydrogen-bond acceptors (Lipinski definition) is 3. The van der Waals surface area contributed by atoms with Crippen LogP contribution in [0.3, 0.4) is 0 Å². The summed E-state index contributed by atoms with van der Waals surface area (Å²) in [7, 11) is 1.39. The molecule has 1 amide bonds. The molecule has 4 nitrogen and oxygen atoms in total. The summed E-state index contributed by atoms with van der Waals surface area (Å²) in [4.78, 5) is 12.1. The second-order valence-corrected chi connectivity index (χ2v) is 5.10. The van der Waals surface area contributed by atoms with Crippen molar-refractivity contribution in [3.05, 3.63) is 53.3 Å². The number of methoxy groups -OCH3 is 1. The Morgan fingerprint density at radius 1 is 1.26 bits per heavy atom. The molecule has 0 saturated carbocycles. The van der Waals surface area contributed by atoms with Crippen LogP contribution in [-0.4, -0.2) is 19.6 Å². The van der Waals surface area contributed by atoms with E-state index < -0.39 is 5.82 Å². The predicted molar refractivity (Wildman–Crippen MR) is 87.6 cm³/mol. The number of amides is 1. The number of ether oxygens (including phenoxy) is 2. The molecule has 0 bridgehead atoms. The normalized spacial score (nSPS) is 10.3. The fraction of sp³-hybridized carbons (Fsp3) is 0.278. The number of carbonyl (C=O) groups excluding carboxylic acids is 1. The van der Waals surface area contributed by atoms with Gasteiger partial charge in [0, 0.05) is 11.8 Å². The van der Waals surface area contributed by atoms with Gasteiger partial charge in [-0.1, -0.05) is 25.1 Å². The van der Waals surface area contributed by atoms with E-state index in [1.54, 1.807) is 6.07 Å². The van der Waals surface area contributed by atoms with Crippen molar-refractivity contribution in [2.24, 2.45) is 0 Å². The maximum Gasteiger partial charge on any atom is 0.262 e. The largest absolute Gasteiger partial charge is 0.494 e. The first-order chi connectivity index (χ1) is 11.0. The zero-order valence-corrected chi connectivity index (χ0v) is 13.5. The van der Waals surface area contributed by atoms with Gasteiger partial charge in [0.15, 0.2) is 18.2 Å². The average molecular weight is 317 g/mol. The molecule has 5 heteroatoms. The first-order valence-corrected chi connectivity index (χ1v) is 7.39. The molecule has 1 N–H and O–H groups in total. The Kier molecular flexibility index (Phi) is 5.57. The van der Waals surface area contributed by atoms with E-state index in [9.17, 15) is 9.18 Å². The molecule has 0 heterocycles. The van der Waals surface area contributed by atoms with Crippen LogP contribution in [-0.2, 0) is 11.2 Å². The van der Waals surface area contributed by atoms with Gasteiger partial charge in [0.05, 0.1) is 7.11 Å². The molecule has 0 aliphatic heterocycles. The molecule has 2 aromatic rings. The van der Waals surface area contributed by atoms with Crippen molar-refractivity contribution in [2.75, 3.05) is 19.0 Å². The molecule has 0 fully saturated rings. The van der Waals surface area contributed by atoms with Crippen molar-refractivity contribution < 1.29 is 18.7 Å². The Labute approximate surface area is 135 Å². The molecule has 122 valence electrons. The van der Waals surface area contributed by atoms with Gasteiger partial charge in [-0.05, 0) is 36.6 Å². The molecule has 0 atom stereocenters. The molecule has 0 radical (unpaired) electrons. The molecular weight excluding hydrogens is 297 g/mol. The average Bonchev–Trinajstić information content (AvgIpc) is 2.55. The molecule has 2 aromatic carbocycles. The zero-order valence-electron chi connectivity index (χ0n) is 13.5. The lowest BCUT2D eigenvalue weighted by Gasteiger charge is -2.13. The van der Waals surface area contributed by atoms with E-state index in [2.05, 4.69) is 5.32 Å². The third kappa shape index (κ3) is 4.22. The summed E-state index contributed by atoms with van der Waals surface area (Å²) in [5, 5.41) is 2.85. The monoisotopic (exact) mass is 317 g/mol. The predicted octanol–water partition coefficient (Wildman–Crippen LogP) is 3.72. The molecule has 0 aliphatic carbocycles. The number of aryl methyl sites for hydroxylation is 2. The summed E-state index contributed by atoms with van der Waals surface area (Å²) in [6.45, 7) is 3.78. The number of benzene rings is 2. The lowest BCUT2D eigenvalue weighted by Crippen LogP contribution is -2.21. The van der Waals surface area contributed by atoms with Crippen molar-refractivity contribution in [3.63, 3.8) is 0 Å². The highest BCUT2D eigenvalue weighted by Crippen LogP contribution is 2.23. The maximum absolute atomic E-state index is 13.6. The number of nitrogens with one attached hydrogen (secondary N) is 1. The molecule has 0 saturated heterocycles. The van der Waals surface area contributed by atoms with E-state index in [1.165, 1.54) is 19.2 Å². The first-order valence-electron chi connectivity index (χ1n) is 7.39. The van der Waals surface area contributed by atoms with Crippen molar-refractivity contribution in [3.8, 4) is 11.5 Å². The summed E-state index contributed by atoms with van der Waals surface area (Å²) in [5.41, 5.74) is 2.87. The lowest BCUT2D eigenvalue weighted by atomic mass is 10.1. The third-order valence-electron chi connectivity index (χ3n) is 3.50. The smallest absolute Gasteiger partial charge is 0.262 e. The Morgan fingerprint density at radius 2 is 2.04 bits per heavy atom. The third-order valence-corrected chi connectivity index (χ3v) is 3.50. The highest BCUT2D eigenvalue weighted by molar-refractivity contribution is 5.93. The minimum Gasteiger partial charge on any atom is -0.494 e. The summed E-state index contributed by atoms with van der Waals surface area (Å²) < 4.78 is 23.7. The number of rotatable bonds is 6. The van der Waals surface area contributed by atoms with Crippen molar-refractivity contribution in [1.29, 1.82) is 0 Å². The van der Waals surface area contributed by atoms with Crippen LogP contribution in [0.2, 0.25) is 0 Å². The van der Waals surface area contributed by atoms with Gasteiger partial charge in [0.2, 0.25) is 0 Å². The van der Waals surface area contributed by atoms with Crippen molar-refractivity contribution >= 4 is 11.6 Å². The molecule has 2 rings (SSSR count). The number of para-hydroxylation sites is 1. The van der Waals surface area contributed by atoms with E-state index in [4.69, 9.17) is 9.47 Å². The molecule has 23 heavy (non-hydrogen) atoms. The van der Waals surface area contributed by atoms with Crippen LogP contribution in [0.15, 0.2) is 36.4 Å². The molecule has 0 aromatic heterocycles. The molecule has 0 unspecified atom stereocenters. The number of carbonyl (C=O) groups is 1. The van der Waals surface area contributed by atoms with E-state index >= 15 is 0 Å².